The summed E-state index contributed by atoms with van der Waals surface area (Å²) in [5, 5.41) is 0.601. The molecule has 2 aromatic heterocycles. The highest BCUT2D eigenvalue weighted by molar-refractivity contribution is 7.19. The van der Waals surface area contributed by atoms with Crippen LogP contribution in [0.5, 0.6) is 5.75 Å². The Hall–Kier alpha value is -2.55. The van der Waals surface area contributed by atoms with E-state index in [-0.39, 0.29) is 47.8 Å². The second kappa shape index (κ2) is 7.47. The zero-order chi connectivity index (χ0) is 23.9. The molecule has 2 atom stereocenters. The van der Waals surface area contributed by atoms with Crippen molar-refractivity contribution in [1.29, 1.82) is 0 Å². The summed E-state index contributed by atoms with van der Waals surface area (Å²) in [5.74, 6) is 0.257. The highest BCUT2D eigenvalue weighted by atomic mass is 35.5. The summed E-state index contributed by atoms with van der Waals surface area (Å²) in [6.45, 7) is 6.21. The lowest BCUT2D eigenvalue weighted by molar-refractivity contribution is -0.143. The molecule has 0 spiro atoms. The SMILES string of the molecule is Cc1cc(Cl)cc(-c2ncnc3cc(CN4C(=O)C5C(C4=O)C5(C)C)sc23)c1OC1CC(N)C1. The number of hydrogen-bond donors (Lipinski definition) is 1. The van der Waals surface area contributed by atoms with E-state index in [0.717, 1.165) is 50.5 Å². The Bertz CT molecular complexity index is 1340. The van der Waals surface area contributed by atoms with E-state index in [4.69, 9.17) is 22.1 Å². The second-order valence-corrected chi connectivity index (χ2v) is 11.8. The molecule has 2 aliphatic carbocycles. The first-order chi connectivity index (χ1) is 16.1. The van der Waals surface area contributed by atoms with Gasteiger partial charge in [-0.25, -0.2) is 9.97 Å². The van der Waals surface area contributed by atoms with E-state index in [9.17, 15) is 9.59 Å². The van der Waals surface area contributed by atoms with Crippen molar-refractivity contribution < 1.29 is 14.3 Å². The number of rotatable bonds is 5. The molecule has 6 rings (SSSR count). The van der Waals surface area contributed by atoms with Gasteiger partial charge in [-0.3, -0.25) is 14.5 Å². The molecule has 1 aromatic carbocycles. The van der Waals surface area contributed by atoms with Crippen molar-refractivity contribution >= 4 is 45.0 Å². The van der Waals surface area contributed by atoms with Gasteiger partial charge in [-0.2, -0.15) is 0 Å². The monoisotopic (exact) mass is 496 g/mol. The molecular weight excluding hydrogens is 472 g/mol. The quantitative estimate of drug-likeness (QED) is 0.528. The first kappa shape index (κ1) is 21.9. The molecule has 1 aliphatic heterocycles. The summed E-state index contributed by atoms with van der Waals surface area (Å²) in [4.78, 5) is 36.9. The molecule has 2 amide bonds. The Morgan fingerprint density at radius 3 is 2.56 bits per heavy atom. The van der Waals surface area contributed by atoms with Gasteiger partial charge >= 0.3 is 0 Å². The Morgan fingerprint density at radius 2 is 1.88 bits per heavy atom. The molecule has 7 nitrogen and oxygen atoms in total. The van der Waals surface area contributed by atoms with Crippen molar-refractivity contribution in [2.75, 3.05) is 0 Å². The lowest BCUT2D eigenvalue weighted by Gasteiger charge is -2.33. The Labute approximate surface area is 206 Å². The Balaban J connectivity index is 1.35. The second-order valence-electron chi connectivity index (χ2n) is 10.3. The third-order valence-corrected chi connectivity index (χ3v) is 8.81. The fourth-order valence-electron chi connectivity index (χ4n) is 5.42. The molecule has 2 N–H and O–H groups in total. The van der Waals surface area contributed by atoms with Crippen LogP contribution in [0.1, 0.15) is 37.1 Å². The molecule has 1 saturated heterocycles. The zero-order valence-corrected chi connectivity index (χ0v) is 20.7. The van der Waals surface area contributed by atoms with Crippen LogP contribution >= 0.6 is 22.9 Å². The fourth-order valence-corrected chi connectivity index (χ4v) is 6.80. The molecule has 34 heavy (non-hydrogen) atoms. The zero-order valence-electron chi connectivity index (χ0n) is 19.2. The molecular formula is C25H25ClN4O3S. The number of halogens is 1. The van der Waals surface area contributed by atoms with Crippen LogP contribution in [0.25, 0.3) is 21.5 Å². The predicted octanol–water partition coefficient (Wildman–Crippen LogP) is 4.33. The smallest absolute Gasteiger partial charge is 0.234 e. The number of nitrogens with two attached hydrogens (primary N) is 1. The molecule has 3 aliphatic rings. The number of fused-ring (bicyclic) bond motifs is 2. The van der Waals surface area contributed by atoms with Crippen LogP contribution in [0.3, 0.4) is 0 Å². The van der Waals surface area contributed by atoms with Gasteiger partial charge in [-0.1, -0.05) is 25.4 Å². The van der Waals surface area contributed by atoms with E-state index in [2.05, 4.69) is 9.97 Å². The van der Waals surface area contributed by atoms with Gasteiger partial charge in [0.2, 0.25) is 11.8 Å². The molecule has 2 saturated carbocycles. The third kappa shape index (κ3) is 3.26. The summed E-state index contributed by atoms with van der Waals surface area (Å²) in [5.41, 5.74) is 8.98. The maximum atomic E-state index is 12.8. The normalized spacial score (nSPS) is 27.1. The van der Waals surface area contributed by atoms with Crippen LogP contribution < -0.4 is 10.5 Å². The highest BCUT2D eigenvalue weighted by Crippen LogP contribution is 2.63. The number of carbonyl (C=O) groups is 2. The average molecular weight is 497 g/mol. The maximum Gasteiger partial charge on any atom is 0.234 e. The van der Waals surface area contributed by atoms with Crippen molar-refractivity contribution in [2.24, 2.45) is 23.0 Å². The number of ether oxygens (including phenoxy) is 1. The summed E-state index contributed by atoms with van der Waals surface area (Å²) < 4.78 is 7.20. The Morgan fingerprint density at radius 1 is 1.18 bits per heavy atom. The molecule has 0 bridgehead atoms. The van der Waals surface area contributed by atoms with Crippen LogP contribution in [0.4, 0.5) is 0 Å². The lowest BCUT2D eigenvalue weighted by Crippen LogP contribution is -2.43. The van der Waals surface area contributed by atoms with Crippen LogP contribution in [0.2, 0.25) is 5.02 Å². The maximum absolute atomic E-state index is 12.8. The number of piperidine rings is 1. The summed E-state index contributed by atoms with van der Waals surface area (Å²) in [6.07, 6.45) is 3.24. The van der Waals surface area contributed by atoms with Crippen LogP contribution in [-0.4, -0.2) is 38.8 Å². The minimum atomic E-state index is -0.214. The van der Waals surface area contributed by atoms with Crippen molar-refractivity contribution in [2.45, 2.75) is 52.3 Å². The summed E-state index contributed by atoms with van der Waals surface area (Å²) in [6, 6.07) is 5.87. The first-order valence-electron chi connectivity index (χ1n) is 11.5. The summed E-state index contributed by atoms with van der Waals surface area (Å²) >= 11 is 7.92. The number of imide groups is 1. The standard InChI is InChI=1S/C25H25ClN4O3S/c1-11-4-12(26)5-16(21(11)33-14-6-13(27)7-14)20-22-17(28-10-29-20)8-15(34-22)9-30-23(31)18-19(24(30)32)25(18,2)3/h4-5,8,10,13-14,18-19H,6-7,9,27H2,1-3H3. The lowest BCUT2D eigenvalue weighted by atomic mass is 9.90. The van der Waals surface area contributed by atoms with E-state index in [1.54, 1.807) is 0 Å². The van der Waals surface area contributed by atoms with E-state index in [1.807, 2.05) is 39.0 Å². The number of likely N-dealkylation sites (tertiary alicyclic amines) is 1. The topological polar surface area (TPSA) is 98.4 Å². The van der Waals surface area contributed by atoms with Crippen molar-refractivity contribution in [1.82, 2.24) is 14.9 Å². The molecule has 3 heterocycles. The number of aromatic nitrogens is 2. The van der Waals surface area contributed by atoms with Gasteiger partial charge in [0.15, 0.2) is 0 Å². The molecule has 0 radical (unpaired) electrons. The third-order valence-electron chi connectivity index (χ3n) is 7.48. The van der Waals surface area contributed by atoms with Crippen molar-refractivity contribution in [3.63, 3.8) is 0 Å². The number of benzene rings is 1. The molecule has 2 unspecified atom stereocenters. The van der Waals surface area contributed by atoms with E-state index in [1.165, 1.54) is 22.6 Å². The van der Waals surface area contributed by atoms with Gasteiger partial charge < -0.3 is 10.5 Å². The van der Waals surface area contributed by atoms with Gasteiger partial charge in [-0.05, 0) is 48.9 Å². The average Bonchev–Trinajstić information content (AvgIpc) is 3.01. The van der Waals surface area contributed by atoms with E-state index < -0.39 is 0 Å². The molecule has 9 heteroatoms. The van der Waals surface area contributed by atoms with Gasteiger partial charge in [0.25, 0.3) is 0 Å². The van der Waals surface area contributed by atoms with Crippen molar-refractivity contribution in [3.8, 4) is 17.0 Å². The molecule has 3 aromatic rings. The number of hydrogen-bond acceptors (Lipinski definition) is 7. The number of nitrogens with zero attached hydrogens (tertiary/aromatic N) is 3. The van der Waals surface area contributed by atoms with Crippen LogP contribution in [0, 0.1) is 24.2 Å². The van der Waals surface area contributed by atoms with E-state index in [0.29, 0.717) is 5.02 Å². The first-order valence-corrected chi connectivity index (χ1v) is 12.7. The predicted molar refractivity (Wildman–Crippen MR) is 131 cm³/mol. The van der Waals surface area contributed by atoms with Gasteiger partial charge in [0.1, 0.15) is 18.2 Å². The fraction of sp³-hybridized carbons (Fsp3) is 0.440. The van der Waals surface area contributed by atoms with Crippen LogP contribution in [0.15, 0.2) is 24.5 Å². The van der Waals surface area contributed by atoms with Crippen LogP contribution in [-0.2, 0) is 16.1 Å². The van der Waals surface area contributed by atoms with Gasteiger partial charge in [-0.15, -0.1) is 11.3 Å². The number of amides is 2. The molecule has 176 valence electrons. The molecule has 3 fully saturated rings. The van der Waals surface area contributed by atoms with E-state index >= 15 is 0 Å². The van der Waals surface area contributed by atoms with Gasteiger partial charge in [0, 0.05) is 21.5 Å². The summed E-state index contributed by atoms with van der Waals surface area (Å²) in [7, 11) is 0. The highest BCUT2D eigenvalue weighted by Gasteiger charge is 2.72. The minimum Gasteiger partial charge on any atom is -0.489 e. The van der Waals surface area contributed by atoms with Crippen molar-refractivity contribution in [3.05, 3.63) is 40.0 Å². The number of carbonyl (C=O) groups excluding carboxylic acids is 2. The Kier molecular flexibility index (Phi) is 4.82. The largest absolute Gasteiger partial charge is 0.489 e. The number of thiophene rings is 1. The minimum absolute atomic E-state index is 0.0661. The van der Waals surface area contributed by atoms with Gasteiger partial charge in [0.05, 0.1) is 34.3 Å². The number of aryl methyl sites for hydroxylation is 1.